The minimum atomic E-state index is -0.477. The number of hydrogen-bond acceptors (Lipinski definition) is 6. The summed E-state index contributed by atoms with van der Waals surface area (Å²) in [5.41, 5.74) is 1.28. The lowest BCUT2D eigenvalue weighted by Crippen LogP contribution is -2.45. The van der Waals surface area contributed by atoms with E-state index in [-0.39, 0.29) is 18.6 Å². The Morgan fingerprint density at radius 1 is 1.32 bits per heavy atom. The molecule has 2 aromatic rings. The van der Waals surface area contributed by atoms with Crippen LogP contribution in [0.5, 0.6) is 0 Å². The molecule has 1 aliphatic heterocycles. The van der Waals surface area contributed by atoms with E-state index < -0.39 is 5.97 Å². The van der Waals surface area contributed by atoms with E-state index in [1.165, 1.54) is 11.8 Å². The van der Waals surface area contributed by atoms with E-state index in [2.05, 4.69) is 12.1 Å². The number of piperidine rings is 1. The molecule has 0 saturated carbocycles. The number of carbonyl (C=O) groups is 2. The zero-order valence-electron chi connectivity index (χ0n) is 16.3. The van der Waals surface area contributed by atoms with Crippen LogP contribution >= 0.6 is 11.8 Å². The number of esters is 1. The van der Waals surface area contributed by atoms with Crippen LogP contribution in [0.1, 0.15) is 54.4 Å². The van der Waals surface area contributed by atoms with Crippen LogP contribution < -0.4 is 0 Å². The number of aryl methyl sites for hydroxylation is 1. The lowest BCUT2D eigenvalue weighted by molar-refractivity contribution is -0.138. The van der Waals surface area contributed by atoms with Crippen molar-refractivity contribution in [3.8, 4) is 0 Å². The number of benzene rings is 1. The number of hydrogen-bond donors (Lipinski definition) is 0. The maximum Gasteiger partial charge on any atom is 0.339 e. The van der Waals surface area contributed by atoms with Crippen LogP contribution in [0.3, 0.4) is 0 Å². The molecular weight excluding hydrogens is 376 g/mol. The van der Waals surface area contributed by atoms with Gasteiger partial charge in [0.05, 0.1) is 17.0 Å². The number of amides is 1. The molecular formula is C21H26N2O4S. The van der Waals surface area contributed by atoms with Gasteiger partial charge >= 0.3 is 5.97 Å². The molecule has 0 radical (unpaired) electrons. The van der Waals surface area contributed by atoms with Crippen LogP contribution in [0.25, 0.3) is 0 Å². The van der Waals surface area contributed by atoms with Crippen LogP contribution in [-0.4, -0.2) is 41.1 Å². The van der Waals surface area contributed by atoms with Gasteiger partial charge < -0.3 is 14.2 Å². The summed E-state index contributed by atoms with van der Waals surface area (Å²) >= 11 is 1.48. The summed E-state index contributed by atoms with van der Waals surface area (Å²) in [6.45, 7) is 4.49. The smallest absolute Gasteiger partial charge is 0.339 e. The van der Waals surface area contributed by atoms with Crippen LogP contribution in [0.2, 0.25) is 0 Å². The van der Waals surface area contributed by atoms with Crippen LogP contribution in [0, 0.1) is 6.92 Å². The molecule has 1 saturated heterocycles. The first-order valence-corrected chi connectivity index (χ1v) is 10.7. The standard InChI is InChI=1S/C21H26N2O4S/c1-3-16-8-6-7-11-23(16)20(24)13-26-21(25)18-9-4-5-10-19(18)28-14-17-12-15(2)22-27-17/h4-5,9-10,12,16H,3,6-8,11,13-14H2,1-2H3. The number of nitrogens with zero attached hydrogens (tertiary/aromatic N) is 2. The average Bonchev–Trinajstić information content (AvgIpc) is 3.15. The maximum absolute atomic E-state index is 12.6. The largest absolute Gasteiger partial charge is 0.452 e. The van der Waals surface area contributed by atoms with E-state index in [9.17, 15) is 9.59 Å². The summed E-state index contributed by atoms with van der Waals surface area (Å²) < 4.78 is 10.6. The number of carbonyl (C=O) groups excluding carboxylic acids is 2. The highest BCUT2D eigenvalue weighted by Gasteiger charge is 2.26. The predicted octanol–water partition coefficient (Wildman–Crippen LogP) is 4.22. The van der Waals surface area contributed by atoms with E-state index in [1.54, 1.807) is 12.1 Å². The van der Waals surface area contributed by atoms with Crippen molar-refractivity contribution in [2.45, 2.75) is 56.2 Å². The summed E-state index contributed by atoms with van der Waals surface area (Å²) in [6, 6.07) is 9.37. The molecule has 150 valence electrons. The number of aromatic nitrogens is 1. The van der Waals surface area contributed by atoms with Crippen LogP contribution in [0.15, 0.2) is 39.8 Å². The van der Waals surface area contributed by atoms with Gasteiger partial charge in [0.15, 0.2) is 6.61 Å². The van der Waals surface area contributed by atoms with Gasteiger partial charge in [-0.1, -0.05) is 24.2 Å². The molecule has 1 aromatic heterocycles. The Kier molecular flexibility index (Phi) is 7.14. The molecule has 1 atom stereocenters. The van der Waals surface area contributed by atoms with Crippen molar-refractivity contribution >= 4 is 23.6 Å². The lowest BCUT2D eigenvalue weighted by Gasteiger charge is -2.35. The average molecular weight is 403 g/mol. The zero-order chi connectivity index (χ0) is 19.9. The predicted molar refractivity (Wildman–Crippen MR) is 107 cm³/mol. The fourth-order valence-corrected chi connectivity index (χ4v) is 4.35. The van der Waals surface area contributed by atoms with Gasteiger partial charge in [0.2, 0.25) is 0 Å². The first-order valence-electron chi connectivity index (χ1n) is 9.69. The molecule has 1 amide bonds. The Morgan fingerprint density at radius 3 is 2.89 bits per heavy atom. The molecule has 1 fully saturated rings. The molecule has 6 nitrogen and oxygen atoms in total. The molecule has 1 unspecified atom stereocenters. The topological polar surface area (TPSA) is 72.6 Å². The third kappa shape index (κ3) is 5.16. The summed E-state index contributed by atoms with van der Waals surface area (Å²) in [5.74, 6) is 0.727. The minimum absolute atomic E-state index is 0.109. The first kappa shape index (κ1) is 20.5. The van der Waals surface area contributed by atoms with Crippen molar-refractivity contribution < 1.29 is 18.8 Å². The number of thioether (sulfide) groups is 1. The summed E-state index contributed by atoms with van der Waals surface area (Å²) in [7, 11) is 0. The number of likely N-dealkylation sites (tertiary alicyclic amines) is 1. The number of rotatable bonds is 7. The fourth-order valence-electron chi connectivity index (χ4n) is 3.44. The SMILES string of the molecule is CCC1CCCCN1C(=O)COC(=O)c1ccccc1SCc1cc(C)no1. The first-order chi connectivity index (χ1) is 13.6. The van der Waals surface area contributed by atoms with Crippen LogP contribution in [0.4, 0.5) is 0 Å². The van der Waals surface area contributed by atoms with Gasteiger partial charge in [0.1, 0.15) is 5.76 Å². The third-order valence-corrected chi connectivity index (χ3v) is 5.99. The second-order valence-electron chi connectivity index (χ2n) is 6.94. The van der Waals surface area contributed by atoms with Crippen molar-refractivity contribution in [3.63, 3.8) is 0 Å². The Balaban J connectivity index is 1.58. The van der Waals surface area contributed by atoms with Crippen molar-refractivity contribution in [2.75, 3.05) is 13.2 Å². The molecule has 0 N–H and O–H groups in total. The molecule has 3 rings (SSSR count). The highest BCUT2D eigenvalue weighted by Crippen LogP contribution is 2.27. The van der Waals surface area contributed by atoms with Crippen molar-refractivity contribution in [1.29, 1.82) is 0 Å². The van der Waals surface area contributed by atoms with Crippen molar-refractivity contribution in [2.24, 2.45) is 0 Å². The Labute approximate surface area is 169 Å². The maximum atomic E-state index is 12.6. The second kappa shape index (κ2) is 9.78. The van der Waals surface area contributed by atoms with E-state index in [4.69, 9.17) is 9.26 Å². The Morgan fingerprint density at radius 2 is 2.14 bits per heavy atom. The summed E-state index contributed by atoms with van der Waals surface area (Å²) in [4.78, 5) is 27.8. The zero-order valence-corrected chi connectivity index (χ0v) is 17.2. The Bertz CT molecular complexity index is 820. The van der Waals surface area contributed by atoms with Gasteiger partial charge in [0, 0.05) is 23.5 Å². The normalized spacial score (nSPS) is 16.8. The molecule has 0 bridgehead atoms. The van der Waals surface area contributed by atoms with Crippen molar-refractivity contribution in [1.82, 2.24) is 10.1 Å². The Hall–Kier alpha value is -2.28. The molecule has 7 heteroatoms. The molecule has 1 aliphatic rings. The second-order valence-corrected chi connectivity index (χ2v) is 7.96. The molecule has 2 heterocycles. The molecule has 0 aliphatic carbocycles. The summed E-state index contributed by atoms with van der Waals surface area (Å²) in [5, 5.41) is 3.87. The monoisotopic (exact) mass is 402 g/mol. The van der Waals surface area contributed by atoms with Gasteiger partial charge in [0.25, 0.3) is 5.91 Å². The highest BCUT2D eigenvalue weighted by molar-refractivity contribution is 7.98. The van der Waals surface area contributed by atoms with Crippen molar-refractivity contribution in [3.05, 3.63) is 47.3 Å². The molecule has 28 heavy (non-hydrogen) atoms. The van der Waals surface area contributed by atoms with Gasteiger partial charge in [-0.3, -0.25) is 4.79 Å². The van der Waals surface area contributed by atoms with Gasteiger partial charge in [-0.2, -0.15) is 0 Å². The van der Waals surface area contributed by atoms with E-state index >= 15 is 0 Å². The summed E-state index contributed by atoms with van der Waals surface area (Å²) in [6.07, 6.45) is 4.12. The third-order valence-electron chi connectivity index (χ3n) is 4.90. The van der Waals surface area contributed by atoms with Gasteiger partial charge in [-0.15, -0.1) is 11.8 Å². The van der Waals surface area contributed by atoms with Gasteiger partial charge in [-0.05, 0) is 44.7 Å². The van der Waals surface area contributed by atoms with E-state index in [0.717, 1.165) is 48.6 Å². The highest BCUT2D eigenvalue weighted by atomic mass is 32.2. The quantitative estimate of drug-likeness (QED) is 0.510. The van der Waals surface area contributed by atoms with Gasteiger partial charge in [-0.25, -0.2) is 4.79 Å². The minimum Gasteiger partial charge on any atom is -0.452 e. The van der Waals surface area contributed by atoms with Crippen LogP contribution in [-0.2, 0) is 15.3 Å². The fraction of sp³-hybridized carbons (Fsp3) is 0.476. The lowest BCUT2D eigenvalue weighted by atomic mass is 10.00. The number of ether oxygens (including phenoxy) is 1. The molecule has 0 spiro atoms. The van der Waals surface area contributed by atoms with E-state index in [1.807, 2.05) is 30.0 Å². The molecule has 1 aromatic carbocycles. The van der Waals surface area contributed by atoms with E-state index in [0.29, 0.717) is 11.3 Å².